The van der Waals surface area contributed by atoms with Gasteiger partial charge in [0.05, 0.1) is 19.3 Å². The highest BCUT2D eigenvalue weighted by atomic mass is 32.2. The average molecular weight is 249 g/mol. The number of esters is 1. The number of nitrogens with one attached hydrogen (secondary N) is 1. The van der Waals surface area contributed by atoms with Crippen LogP contribution in [0.1, 0.15) is 25.7 Å². The monoisotopic (exact) mass is 249 g/mol. The second kappa shape index (κ2) is 5.63. The van der Waals surface area contributed by atoms with Gasteiger partial charge >= 0.3 is 5.97 Å². The number of rotatable bonds is 4. The van der Waals surface area contributed by atoms with Crippen LogP contribution in [-0.2, 0) is 19.6 Å². The van der Waals surface area contributed by atoms with E-state index in [0.717, 1.165) is 31.9 Å². The Morgan fingerprint density at radius 1 is 1.38 bits per heavy atom. The summed E-state index contributed by atoms with van der Waals surface area (Å²) >= 11 is 0. The lowest BCUT2D eigenvalue weighted by Crippen LogP contribution is -2.37. The Morgan fingerprint density at radius 2 is 2.00 bits per heavy atom. The van der Waals surface area contributed by atoms with E-state index in [-0.39, 0.29) is 17.8 Å². The molecule has 1 fully saturated rings. The van der Waals surface area contributed by atoms with Crippen molar-refractivity contribution in [3.8, 4) is 0 Å². The number of methoxy groups -OCH3 is 1. The van der Waals surface area contributed by atoms with Crippen LogP contribution >= 0.6 is 0 Å². The minimum absolute atomic E-state index is 0.0657. The van der Waals surface area contributed by atoms with E-state index in [9.17, 15) is 13.2 Å². The largest absolute Gasteiger partial charge is 0.469 e. The molecule has 0 amide bonds. The predicted octanol–water partition coefficient (Wildman–Crippen LogP) is 0.515. The van der Waals surface area contributed by atoms with Crippen molar-refractivity contribution in [3.63, 3.8) is 0 Å². The Hall–Kier alpha value is -0.620. The minimum Gasteiger partial charge on any atom is -0.469 e. The SMILES string of the molecule is COC(=O)C1CCCCC1CNS(C)(=O)=O. The fourth-order valence-electron chi connectivity index (χ4n) is 2.17. The highest BCUT2D eigenvalue weighted by Crippen LogP contribution is 2.30. The van der Waals surface area contributed by atoms with Crippen LogP contribution in [0.4, 0.5) is 0 Å². The molecule has 1 aliphatic rings. The lowest BCUT2D eigenvalue weighted by Gasteiger charge is -2.29. The van der Waals surface area contributed by atoms with Gasteiger partial charge in [0, 0.05) is 6.54 Å². The Bertz CT molecular complexity index is 339. The summed E-state index contributed by atoms with van der Waals surface area (Å²) in [5, 5.41) is 0. The van der Waals surface area contributed by atoms with Gasteiger partial charge in [-0.05, 0) is 18.8 Å². The third kappa shape index (κ3) is 4.09. The molecule has 94 valence electrons. The number of hydrogen-bond acceptors (Lipinski definition) is 4. The molecule has 0 heterocycles. The molecule has 0 aromatic rings. The van der Waals surface area contributed by atoms with Crippen molar-refractivity contribution in [1.29, 1.82) is 0 Å². The molecule has 0 bridgehead atoms. The smallest absolute Gasteiger partial charge is 0.308 e. The first-order chi connectivity index (χ1) is 7.44. The molecule has 1 saturated carbocycles. The maximum absolute atomic E-state index is 11.5. The summed E-state index contributed by atoms with van der Waals surface area (Å²) in [5.74, 6) is -0.316. The van der Waals surface area contributed by atoms with Gasteiger partial charge in [0.15, 0.2) is 0 Å². The summed E-state index contributed by atoms with van der Waals surface area (Å²) in [4.78, 5) is 11.5. The van der Waals surface area contributed by atoms with Gasteiger partial charge in [0.2, 0.25) is 10.0 Å². The molecule has 0 radical (unpaired) electrons. The molecule has 0 aromatic heterocycles. The van der Waals surface area contributed by atoms with E-state index in [1.54, 1.807) is 0 Å². The molecule has 6 heteroatoms. The lowest BCUT2D eigenvalue weighted by molar-refractivity contribution is -0.148. The van der Waals surface area contributed by atoms with E-state index >= 15 is 0 Å². The molecule has 2 atom stereocenters. The van der Waals surface area contributed by atoms with Crippen LogP contribution in [0.15, 0.2) is 0 Å². The third-order valence-electron chi connectivity index (χ3n) is 3.02. The number of carbonyl (C=O) groups is 1. The summed E-state index contributed by atoms with van der Waals surface area (Å²) in [6.45, 7) is 0.332. The summed E-state index contributed by atoms with van der Waals surface area (Å²) < 4.78 is 29.2. The van der Waals surface area contributed by atoms with Crippen LogP contribution in [0.5, 0.6) is 0 Å². The van der Waals surface area contributed by atoms with Crippen LogP contribution in [0, 0.1) is 11.8 Å². The zero-order valence-corrected chi connectivity index (χ0v) is 10.5. The number of sulfonamides is 1. The van der Waals surface area contributed by atoms with Gasteiger partial charge in [-0.2, -0.15) is 0 Å². The topological polar surface area (TPSA) is 72.5 Å². The lowest BCUT2D eigenvalue weighted by atomic mass is 9.79. The van der Waals surface area contributed by atoms with Crippen molar-refractivity contribution >= 4 is 16.0 Å². The summed E-state index contributed by atoms with van der Waals surface area (Å²) in [6, 6.07) is 0. The second-order valence-corrected chi connectivity index (χ2v) is 6.13. The first kappa shape index (κ1) is 13.4. The van der Waals surface area contributed by atoms with Crippen molar-refractivity contribution in [2.75, 3.05) is 19.9 Å². The molecular formula is C10H19NO4S. The molecular weight excluding hydrogens is 230 g/mol. The summed E-state index contributed by atoms with van der Waals surface area (Å²) in [5.41, 5.74) is 0. The van der Waals surface area contributed by atoms with E-state index in [4.69, 9.17) is 4.74 Å². The Kier molecular flexibility index (Phi) is 4.73. The van der Waals surface area contributed by atoms with Crippen molar-refractivity contribution < 1.29 is 17.9 Å². The molecule has 0 spiro atoms. The first-order valence-corrected chi connectivity index (χ1v) is 7.35. The maximum Gasteiger partial charge on any atom is 0.308 e. The van der Waals surface area contributed by atoms with Crippen LogP contribution in [0.3, 0.4) is 0 Å². The molecule has 1 aliphatic carbocycles. The molecule has 2 unspecified atom stereocenters. The van der Waals surface area contributed by atoms with Crippen LogP contribution < -0.4 is 4.72 Å². The zero-order chi connectivity index (χ0) is 12.2. The molecule has 1 rings (SSSR count). The second-order valence-electron chi connectivity index (χ2n) is 4.29. The number of ether oxygens (including phenoxy) is 1. The molecule has 0 aliphatic heterocycles. The van der Waals surface area contributed by atoms with E-state index in [1.807, 2.05) is 0 Å². The van der Waals surface area contributed by atoms with Gasteiger partial charge in [-0.25, -0.2) is 13.1 Å². The standard InChI is InChI=1S/C10H19NO4S/c1-15-10(12)9-6-4-3-5-8(9)7-11-16(2,13)14/h8-9,11H,3-7H2,1-2H3. The van der Waals surface area contributed by atoms with E-state index in [1.165, 1.54) is 7.11 Å². The molecule has 5 nitrogen and oxygen atoms in total. The summed E-state index contributed by atoms with van der Waals surface area (Å²) in [6.07, 6.45) is 4.85. The van der Waals surface area contributed by atoms with E-state index in [2.05, 4.69) is 4.72 Å². The Labute approximate surface area is 96.6 Å². The van der Waals surface area contributed by atoms with E-state index in [0.29, 0.717) is 6.54 Å². The third-order valence-corrected chi connectivity index (χ3v) is 3.71. The van der Waals surface area contributed by atoms with Gasteiger partial charge in [0.1, 0.15) is 0 Å². The van der Waals surface area contributed by atoms with Gasteiger partial charge in [0.25, 0.3) is 0 Å². The maximum atomic E-state index is 11.5. The minimum atomic E-state index is -3.18. The van der Waals surface area contributed by atoms with Crippen LogP contribution in [0.25, 0.3) is 0 Å². The van der Waals surface area contributed by atoms with Gasteiger partial charge < -0.3 is 4.74 Å². The number of carbonyl (C=O) groups excluding carboxylic acids is 1. The van der Waals surface area contributed by atoms with Crippen LogP contribution in [0.2, 0.25) is 0 Å². The fraction of sp³-hybridized carbons (Fsp3) is 0.900. The zero-order valence-electron chi connectivity index (χ0n) is 9.73. The number of hydrogen-bond donors (Lipinski definition) is 1. The van der Waals surface area contributed by atoms with Crippen molar-refractivity contribution in [2.45, 2.75) is 25.7 Å². The van der Waals surface area contributed by atoms with Gasteiger partial charge in [-0.3, -0.25) is 4.79 Å². The average Bonchev–Trinajstić information content (AvgIpc) is 2.25. The highest BCUT2D eigenvalue weighted by Gasteiger charge is 2.31. The summed E-state index contributed by atoms with van der Waals surface area (Å²) in [7, 11) is -1.81. The molecule has 16 heavy (non-hydrogen) atoms. The Morgan fingerprint density at radius 3 is 2.56 bits per heavy atom. The normalized spacial score (nSPS) is 26.4. The quantitative estimate of drug-likeness (QED) is 0.737. The fourth-order valence-corrected chi connectivity index (χ4v) is 2.69. The van der Waals surface area contributed by atoms with Crippen molar-refractivity contribution in [3.05, 3.63) is 0 Å². The van der Waals surface area contributed by atoms with E-state index < -0.39 is 10.0 Å². The Balaban J connectivity index is 2.57. The van der Waals surface area contributed by atoms with Crippen LogP contribution in [-0.4, -0.2) is 34.3 Å². The first-order valence-electron chi connectivity index (χ1n) is 5.46. The van der Waals surface area contributed by atoms with Gasteiger partial charge in [-0.15, -0.1) is 0 Å². The molecule has 0 saturated heterocycles. The molecule has 1 N–H and O–H groups in total. The van der Waals surface area contributed by atoms with Gasteiger partial charge in [-0.1, -0.05) is 12.8 Å². The molecule has 0 aromatic carbocycles. The van der Waals surface area contributed by atoms with Crippen molar-refractivity contribution in [2.24, 2.45) is 11.8 Å². The van der Waals surface area contributed by atoms with Crippen molar-refractivity contribution in [1.82, 2.24) is 4.72 Å². The predicted molar refractivity (Wildman–Crippen MR) is 60.3 cm³/mol. The highest BCUT2D eigenvalue weighted by molar-refractivity contribution is 7.88.